The number of nitrogens with two attached hydrogens (primary N) is 1. The van der Waals surface area contributed by atoms with Crippen molar-refractivity contribution >= 4 is 0 Å². The maximum Gasteiger partial charge on any atom is 0.119 e. The number of ether oxygens (including phenoxy) is 1. The zero-order valence-corrected chi connectivity index (χ0v) is 11.8. The van der Waals surface area contributed by atoms with Crippen molar-refractivity contribution in [1.82, 2.24) is 15.2 Å². The number of hydrogen-bond donors (Lipinski definition) is 2. The average molecular weight is 260 g/mol. The van der Waals surface area contributed by atoms with Gasteiger partial charge in [0, 0.05) is 18.8 Å². The van der Waals surface area contributed by atoms with E-state index in [1.807, 2.05) is 45.3 Å². The second kappa shape index (κ2) is 5.42. The number of benzene rings is 1. The summed E-state index contributed by atoms with van der Waals surface area (Å²) in [5.41, 5.74) is 7.18. The normalized spacial score (nSPS) is 12.5. The molecule has 0 saturated carbocycles. The molecule has 19 heavy (non-hydrogen) atoms. The SMILES string of the molecule is COc1ccc(C(NN)c2cn(C)nc2C)c(C)c1. The van der Waals surface area contributed by atoms with E-state index in [2.05, 4.69) is 10.5 Å². The minimum Gasteiger partial charge on any atom is -0.497 e. The third-order valence-corrected chi connectivity index (χ3v) is 3.32. The number of nitrogens with zero attached hydrogens (tertiary/aromatic N) is 2. The highest BCUT2D eigenvalue weighted by molar-refractivity contribution is 5.41. The molecule has 0 aliphatic rings. The van der Waals surface area contributed by atoms with Gasteiger partial charge in [0.1, 0.15) is 5.75 Å². The Labute approximate surface area is 113 Å². The van der Waals surface area contributed by atoms with Gasteiger partial charge >= 0.3 is 0 Å². The van der Waals surface area contributed by atoms with Gasteiger partial charge in [-0.2, -0.15) is 5.10 Å². The molecule has 102 valence electrons. The summed E-state index contributed by atoms with van der Waals surface area (Å²) in [4.78, 5) is 0. The van der Waals surface area contributed by atoms with Crippen molar-refractivity contribution in [2.75, 3.05) is 7.11 Å². The van der Waals surface area contributed by atoms with E-state index in [9.17, 15) is 0 Å². The Balaban J connectivity index is 2.45. The fourth-order valence-electron chi connectivity index (χ4n) is 2.35. The minimum atomic E-state index is -0.0698. The predicted octanol–water partition coefficient (Wildman–Crippen LogP) is 1.60. The lowest BCUT2D eigenvalue weighted by Gasteiger charge is -2.18. The summed E-state index contributed by atoms with van der Waals surface area (Å²) in [6.07, 6.45) is 1.99. The molecule has 0 aliphatic carbocycles. The Morgan fingerprint density at radius 2 is 2.05 bits per heavy atom. The number of methoxy groups -OCH3 is 1. The maximum atomic E-state index is 5.74. The van der Waals surface area contributed by atoms with E-state index in [1.165, 1.54) is 0 Å². The van der Waals surface area contributed by atoms with Crippen LogP contribution < -0.4 is 16.0 Å². The van der Waals surface area contributed by atoms with Crippen molar-refractivity contribution < 1.29 is 4.74 Å². The van der Waals surface area contributed by atoms with E-state index in [4.69, 9.17) is 10.6 Å². The number of nitrogens with one attached hydrogen (secondary N) is 1. The largest absolute Gasteiger partial charge is 0.497 e. The van der Waals surface area contributed by atoms with Gasteiger partial charge in [0.15, 0.2) is 0 Å². The molecule has 0 spiro atoms. The third-order valence-electron chi connectivity index (χ3n) is 3.32. The zero-order chi connectivity index (χ0) is 14.0. The van der Waals surface area contributed by atoms with Crippen LogP contribution in [-0.4, -0.2) is 16.9 Å². The van der Waals surface area contributed by atoms with E-state index in [0.29, 0.717) is 0 Å². The van der Waals surface area contributed by atoms with Gasteiger partial charge < -0.3 is 4.74 Å². The minimum absolute atomic E-state index is 0.0698. The van der Waals surface area contributed by atoms with E-state index in [1.54, 1.807) is 11.8 Å². The standard InChI is InChI=1S/C14H20N4O/c1-9-7-11(19-4)5-6-12(9)14(16-15)13-8-18(3)17-10(13)2/h5-8,14,16H,15H2,1-4H3. The van der Waals surface area contributed by atoms with Crippen LogP contribution in [0.25, 0.3) is 0 Å². The highest BCUT2D eigenvalue weighted by Crippen LogP contribution is 2.28. The molecule has 0 aliphatic heterocycles. The first-order valence-electron chi connectivity index (χ1n) is 6.17. The molecule has 0 radical (unpaired) electrons. The van der Waals surface area contributed by atoms with Crippen LogP contribution in [0.3, 0.4) is 0 Å². The van der Waals surface area contributed by atoms with Gasteiger partial charge in [0.2, 0.25) is 0 Å². The summed E-state index contributed by atoms with van der Waals surface area (Å²) >= 11 is 0. The monoisotopic (exact) mass is 260 g/mol. The lowest BCUT2D eigenvalue weighted by Crippen LogP contribution is -2.29. The highest BCUT2D eigenvalue weighted by atomic mass is 16.5. The van der Waals surface area contributed by atoms with Crippen molar-refractivity contribution in [2.24, 2.45) is 12.9 Å². The molecule has 3 N–H and O–H groups in total. The molecule has 5 heteroatoms. The van der Waals surface area contributed by atoms with Crippen LogP contribution in [0.2, 0.25) is 0 Å². The molecule has 2 aromatic rings. The molecule has 5 nitrogen and oxygen atoms in total. The second-order valence-corrected chi connectivity index (χ2v) is 4.67. The molecule has 0 fully saturated rings. The van der Waals surface area contributed by atoms with E-state index < -0.39 is 0 Å². The van der Waals surface area contributed by atoms with Gasteiger partial charge in [-0.1, -0.05) is 6.07 Å². The first-order valence-corrected chi connectivity index (χ1v) is 6.17. The Kier molecular flexibility index (Phi) is 3.87. The fourth-order valence-corrected chi connectivity index (χ4v) is 2.35. The molecule has 1 aromatic heterocycles. The Morgan fingerprint density at radius 1 is 1.32 bits per heavy atom. The van der Waals surface area contributed by atoms with Crippen LogP contribution in [0, 0.1) is 13.8 Å². The Bertz CT molecular complexity index is 577. The Hall–Kier alpha value is -1.85. The van der Waals surface area contributed by atoms with Gasteiger partial charge in [-0.25, -0.2) is 5.43 Å². The lowest BCUT2D eigenvalue weighted by atomic mass is 9.96. The van der Waals surface area contributed by atoms with Crippen molar-refractivity contribution in [3.8, 4) is 5.75 Å². The molecular formula is C14H20N4O. The molecule has 0 bridgehead atoms. The fraction of sp³-hybridized carbons (Fsp3) is 0.357. The molecule has 1 aromatic carbocycles. The van der Waals surface area contributed by atoms with E-state index in [-0.39, 0.29) is 6.04 Å². The van der Waals surface area contributed by atoms with Crippen molar-refractivity contribution in [3.63, 3.8) is 0 Å². The lowest BCUT2D eigenvalue weighted by molar-refractivity contribution is 0.414. The summed E-state index contributed by atoms with van der Waals surface area (Å²) in [5, 5.41) is 4.37. The van der Waals surface area contributed by atoms with Gasteiger partial charge in [0.25, 0.3) is 0 Å². The number of aromatic nitrogens is 2. The molecule has 2 rings (SSSR count). The molecule has 1 heterocycles. The smallest absolute Gasteiger partial charge is 0.119 e. The summed E-state index contributed by atoms with van der Waals surface area (Å²) in [5.74, 6) is 6.58. The zero-order valence-electron chi connectivity index (χ0n) is 11.8. The molecule has 0 amide bonds. The molecule has 1 unspecified atom stereocenters. The summed E-state index contributed by atoms with van der Waals surface area (Å²) in [6.45, 7) is 4.03. The number of rotatable bonds is 4. The van der Waals surface area contributed by atoms with Crippen molar-refractivity contribution in [1.29, 1.82) is 0 Å². The first kappa shape index (κ1) is 13.6. The van der Waals surface area contributed by atoms with Crippen LogP contribution in [0.15, 0.2) is 24.4 Å². The van der Waals surface area contributed by atoms with E-state index >= 15 is 0 Å². The number of aryl methyl sites for hydroxylation is 3. The summed E-state index contributed by atoms with van der Waals surface area (Å²) in [7, 11) is 3.57. The van der Waals surface area contributed by atoms with Crippen LogP contribution >= 0.6 is 0 Å². The van der Waals surface area contributed by atoms with Crippen LogP contribution in [-0.2, 0) is 7.05 Å². The van der Waals surface area contributed by atoms with Crippen LogP contribution in [0.1, 0.15) is 28.4 Å². The number of hydrazine groups is 1. The molecular weight excluding hydrogens is 240 g/mol. The highest BCUT2D eigenvalue weighted by Gasteiger charge is 2.19. The average Bonchev–Trinajstić information content (AvgIpc) is 2.71. The third kappa shape index (κ3) is 2.62. The van der Waals surface area contributed by atoms with E-state index in [0.717, 1.165) is 28.1 Å². The topological polar surface area (TPSA) is 65.1 Å². The second-order valence-electron chi connectivity index (χ2n) is 4.67. The predicted molar refractivity (Wildman–Crippen MR) is 74.8 cm³/mol. The maximum absolute atomic E-state index is 5.74. The number of hydrogen-bond acceptors (Lipinski definition) is 4. The quantitative estimate of drug-likeness (QED) is 0.647. The van der Waals surface area contributed by atoms with Crippen LogP contribution in [0.5, 0.6) is 5.75 Å². The first-order chi connectivity index (χ1) is 9.06. The van der Waals surface area contributed by atoms with Crippen molar-refractivity contribution in [2.45, 2.75) is 19.9 Å². The molecule has 0 saturated heterocycles. The Morgan fingerprint density at radius 3 is 2.53 bits per heavy atom. The van der Waals surface area contributed by atoms with Gasteiger partial charge in [-0.3, -0.25) is 10.5 Å². The molecule has 1 atom stereocenters. The van der Waals surface area contributed by atoms with Gasteiger partial charge in [0.05, 0.1) is 18.8 Å². The van der Waals surface area contributed by atoms with Gasteiger partial charge in [-0.05, 0) is 37.1 Å². The van der Waals surface area contributed by atoms with Gasteiger partial charge in [-0.15, -0.1) is 0 Å². The summed E-state index contributed by atoms with van der Waals surface area (Å²) in [6, 6.07) is 5.91. The van der Waals surface area contributed by atoms with Crippen molar-refractivity contribution in [3.05, 3.63) is 46.8 Å². The van der Waals surface area contributed by atoms with Crippen LogP contribution in [0.4, 0.5) is 0 Å². The summed E-state index contributed by atoms with van der Waals surface area (Å²) < 4.78 is 7.03.